The summed E-state index contributed by atoms with van der Waals surface area (Å²) in [5.74, 6) is 0. The molecule has 4 heteroatoms. The Bertz CT molecular complexity index is 554. The number of fused-ring (bicyclic) bond motifs is 1. The summed E-state index contributed by atoms with van der Waals surface area (Å²) in [6.07, 6.45) is 0. The third-order valence-electron chi connectivity index (χ3n) is 2.16. The second-order valence-corrected chi connectivity index (χ2v) is 3.90. The van der Waals surface area contributed by atoms with Crippen LogP contribution in [0.15, 0.2) is 29.1 Å². The van der Waals surface area contributed by atoms with Crippen molar-refractivity contribution in [2.75, 3.05) is 0 Å². The molecular formula is C11H11FN2O. The molecule has 0 radical (unpaired) electrons. The van der Waals surface area contributed by atoms with E-state index in [0.29, 0.717) is 11.0 Å². The molecule has 0 unspecified atom stereocenters. The van der Waals surface area contributed by atoms with E-state index in [1.54, 1.807) is 24.3 Å². The van der Waals surface area contributed by atoms with Gasteiger partial charge in [0.05, 0.1) is 11.0 Å². The van der Waals surface area contributed by atoms with Gasteiger partial charge in [-0.05, 0) is 26.0 Å². The van der Waals surface area contributed by atoms with E-state index >= 15 is 0 Å². The highest BCUT2D eigenvalue weighted by Gasteiger charge is 2.24. The third-order valence-corrected chi connectivity index (χ3v) is 2.16. The summed E-state index contributed by atoms with van der Waals surface area (Å²) in [5, 5.41) is 0. The number of hydrogen-bond acceptors (Lipinski definition) is 2. The molecule has 1 aromatic carbocycles. The molecule has 15 heavy (non-hydrogen) atoms. The van der Waals surface area contributed by atoms with Gasteiger partial charge in [0, 0.05) is 0 Å². The van der Waals surface area contributed by atoms with Crippen molar-refractivity contribution in [2.24, 2.45) is 0 Å². The van der Waals surface area contributed by atoms with Crippen LogP contribution in [0.1, 0.15) is 19.5 Å². The summed E-state index contributed by atoms with van der Waals surface area (Å²) in [7, 11) is 0. The van der Waals surface area contributed by atoms with Gasteiger partial charge in [0.25, 0.3) is 5.56 Å². The third kappa shape index (κ3) is 1.75. The summed E-state index contributed by atoms with van der Waals surface area (Å²) >= 11 is 0. The van der Waals surface area contributed by atoms with Crippen LogP contribution in [0.2, 0.25) is 0 Å². The number of H-pyrrole nitrogens is 1. The lowest BCUT2D eigenvalue weighted by atomic mass is 10.1. The number of nitrogens with one attached hydrogen (secondary N) is 1. The molecule has 1 heterocycles. The Balaban J connectivity index is 2.79. The van der Waals surface area contributed by atoms with Crippen LogP contribution in [-0.2, 0) is 5.67 Å². The predicted octanol–water partition coefficient (Wildman–Crippen LogP) is 2.13. The van der Waals surface area contributed by atoms with Gasteiger partial charge in [-0.3, -0.25) is 4.79 Å². The lowest BCUT2D eigenvalue weighted by molar-refractivity contribution is 0.212. The molecule has 1 N–H and O–H groups in total. The van der Waals surface area contributed by atoms with Gasteiger partial charge in [-0.2, -0.15) is 0 Å². The van der Waals surface area contributed by atoms with E-state index in [9.17, 15) is 9.18 Å². The average molecular weight is 206 g/mol. The normalized spacial score (nSPS) is 11.9. The summed E-state index contributed by atoms with van der Waals surface area (Å²) in [6, 6.07) is 7.06. The lowest BCUT2D eigenvalue weighted by Crippen LogP contribution is -2.25. The number of hydrogen-bond donors (Lipinski definition) is 1. The first-order valence-corrected chi connectivity index (χ1v) is 4.67. The maximum atomic E-state index is 13.6. The molecule has 0 spiro atoms. The number of benzene rings is 1. The Morgan fingerprint density at radius 1 is 1.33 bits per heavy atom. The van der Waals surface area contributed by atoms with Crippen LogP contribution in [0, 0.1) is 0 Å². The molecule has 0 bridgehead atoms. The van der Waals surface area contributed by atoms with Crippen LogP contribution < -0.4 is 5.56 Å². The van der Waals surface area contributed by atoms with Gasteiger partial charge in [-0.25, -0.2) is 9.37 Å². The summed E-state index contributed by atoms with van der Waals surface area (Å²) in [5.41, 5.74) is -1.06. The number of alkyl halides is 1. The molecule has 0 aliphatic rings. The fraction of sp³-hybridized carbons (Fsp3) is 0.273. The predicted molar refractivity (Wildman–Crippen MR) is 56.5 cm³/mol. The maximum absolute atomic E-state index is 13.6. The van der Waals surface area contributed by atoms with E-state index in [1.165, 1.54) is 13.8 Å². The van der Waals surface area contributed by atoms with Gasteiger partial charge >= 0.3 is 0 Å². The van der Waals surface area contributed by atoms with Crippen molar-refractivity contribution in [3.8, 4) is 0 Å². The highest BCUT2D eigenvalue weighted by molar-refractivity contribution is 5.73. The lowest BCUT2D eigenvalue weighted by Gasteiger charge is -2.12. The first-order chi connectivity index (χ1) is 6.98. The summed E-state index contributed by atoms with van der Waals surface area (Å²) < 4.78 is 13.6. The van der Waals surface area contributed by atoms with Crippen LogP contribution in [-0.4, -0.2) is 9.97 Å². The van der Waals surface area contributed by atoms with E-state index < -0.39 is 11.2 Å². The topological polar surface area (TPSA) is 45.8 Å². The van der Waals surface area contributed by atoms with Gasteiger partial charge in [0.2, 0.25) is 0 Å². The van der Waals surface area contributed by atoms with Crippen molar-refractivity contribution in [1.29, 1.82) is 0 Å². The Morgan fingerprint density at radius 3 is 2.67 bits per heavy atom. The van der Waals surface area contributed by atoms with Crippen molar-refractivity contribution < 1.29 is 4.39 Å². The molecule has 78 valence electrons. The number of nitrogens with zero attached hydrogens (tertiary/aromatic N) is 1. The quantitative estimate of drug-likeness (QED) is 0.776. The molecule has 0 fully saturated rings. The van der Waals surface area contributed by atoms with Crippen LogP contribution in [0.25, 0.3) is 11.0 Å². The molecular weight excluding hydrogens is 195 g/mol. The second-order valence-electron chi connectivity index (χ2n) is 3.90. The van der Waals surface area contributed by atoms with Crippen molar-refractivity contribution in [2.45, 2.75) is 19.5 Å². The number of aromatic amines is 1. The monoisotopic (exact) mass is 206 g/mol. The minimum absolute atomic E-state index is 0.0822. The van der Waals surface area contributed by atoms with E-state index in [4.69, 9.17) is 0 Å². The van der Waals surface area contributed by atoms with Gasteiger partial charge in [-0.1, -0.05) is 12.1 Å². The van der Waals surface area contributed by atoms with Crippen molar-refractivity contribution >= 4 is 11.0 Å². The van der Waals surface area contributed by atoms with Gasteiger partial charge in [0.1, 0.15) is 5.69 Å². The van der Waals surface area contributed by atoms with E-state index in [2.05, 4.69) is 9.97 Å². The molecule has 0 aliphatic carbocycles. The molecule has 0 amide bonds. The largest absolute Gasteiger partial charge is 0.319 e. The van der Waals surface area contributed by atoms with Crippen LogP contribution in [0.3, 0.4) is 0 Å². The van der Waals surface area contributed by atoms with E-state index in [1.807, 2.05) is 0 Å². The van der Waals surface area contributed by atoms with Crippen molar-refractivity contribution in [3.63, 3.8) is 0 Å². The SMILES string of the molecule is CC(C)(F)c1nc2ccccc2[nH]c1=O. The Labute approximate surface area is 86.0 Å². The Hall–Kier alpha value is -1.71. The zero-order valence-corrected chi connectivity index (χ0v) is 8.54. The standard InChI is InChI=1S/C11H11FN2O/c1-11(2,12)9-10(15)14-8-6-4-3-5-7(8)13-9/h3-6H,1-2H3,(H,14,15). The minimum atomic E-state index is -1.72. The number of para-hydroxylation sites is 2. The molecule has 0 saturated heterocycles. The second kappa shape index (κ2) is 3.15. The minimum Gasteiger partial charge on any atom is -0.319 e. The van der Waals surface area contributed by atoms with E-state index in [-0.39, 0.29) is 5.69 Å². The zero-order valence-electron chi connectivity index (χ0n) is 8.54. The molecule has 3 nitrogen and oxygen atoms in total. The van der Waals surface area contributed by atoms with Gasteiger partial charge in [0.15, 0.2) is 5.67 Å². The molecule has 2 aromatic rings. The highest BCUT2D eigenvalue weighted by Crippen LogP contribution is 2.20. The van der Waals surface area contributed by atoms with Gasteiger partial charge in [-0.15, -0.1) is 0 Å². The zero-order chi connectivity index (χ0) is 11.1. The average Bonchev–Trinajstić information content (AvgIpc) is 2.15. The van der Waals surface area contributed by atoms with Crippen LogP contribution >= 0.6 is 0 Å². The molecule has 2 rings (SSSR count). The van der Waals surface area contributed by atoms with Gasteiger partial charge < -0.3 is 4.98 Å². The van der Waals surface area contributed by atoms with Crippen LogP contribution in [0.4, 0.5) is 4.39 Å². The molecule has 0 atom stereocenters. The fourth-order valence-corrected chi connectivity index (χ4v) is 1.43. The highest BCUT2D eigenvalue weighted by atomic mass is 19.1. The number of aromatic nitrogens is 2. The maximum Gasteiger partial charge on any atom is 0.273 e. The number of rotatable bonds is 1. The van der Waals surface area contributed by atoms with Crippen molar-refractivity contribution in [1.82, 2.24) is 9.97 Å². The summed E-state index contributed by atoms with van der Waals surface area (Å²) in [4.78, 5) is 18.2. The number of halogens is 1. The van der Waals surface area contributed by atoms with E-state index in [0.717, 1.165) is 0 Å². The fourth-order valence-electron chi connectivity index (χ4n) is 1.43. The first kappa shape index (κ1) is 9.83. The molecule has 1 aromatic heterocycles. The Morgan fingerprint density at radius 2 is 2.00 bits per heavy atom. The smallest absolute Gasteiger partial charge is 0.273 e. The molecule has 0 saturated carbocycles. The van der Waals surface area contributed by atoms with Crippen molar-refractivity contribution in [3.05, 3.63) is 40.3 Å². The van der Waals surface area contributed by atoms with Crippen LogP contribution in [0.5, 0.6) is 0 Å². The summed E-state index contributed by atoms with van der Waals surface area (Å²) in [6.45, 7) is 2.64. The Kier molecular flexibility index (Phi) is 2.07. The first-order valence-electron chi connectivity index (χ1n) is 4.67. The molecule has 0 aliphatic heterocycles.